The molecule has 144 valence electrons. The molecular weight excluding hydrogens is 346 g/mol. The van der Waals surface area contributed by atoms with Crippen LogP contribution in [0.15, 0.2) is 42.5 Å². The summed E-state index contributed by atoms with van der Waals surface area (Å²) in [7, 11) is 1.57. The summed E-state index contributed by atoms with van der Waals surface area (Å²) in [5, 5.41) is 5.37. The second-order valence-electron chi connectivity index (χ2n) is 5.93. The van der Waals surface area contributed by atoms with Crippen molar-refractivity contribution in [1.82, 2.24) is 5.32 Å². The monoisotopic (exact) mass is 371 g/mol. The number of carbonyl (C=O) groups is 2. The molecule has 0 aromatic heterocycles. The number of rotatable bonds is 9. The fourth-order valence-electron chi connectivity index (χ4n) is 2.34. The molecule has 2 aromatic rings. The summed E-state index contributed by atoms with van der Waals surface area (Å²) in [6, 6.07) is 11.6. The lowest BCUT2D eigenvalue weighted by atomic mass is 10.1. The first kappa shape index (κ1) is 20.1. The van der Waals surface area contributed by atoms with Crippen molar-refractivity contribution in [3.63, 3.8) is 0 Å². The maximum absolute atomic E-state index is 12.6. The minimum atomic E-state index is -0.592. The maximum atomic E-state index is 12.6. The first-order chi connectivity index (χ1) is 13.0. The van der Waals surface area contributed by atoms with Crippen molar-refractivity contribution in [3.8, 4) is 11.5 Å². The molecule has 27 heavy (non-hydrogen) atoms. The Morgan fingerprint density at radius 1 is 1.11 bits per heavy atom. The topological polar surface area (TPSA) is 103 Å². The Labute approximate surface area is 158 Å². The molecule has 4 N–H and O–H groups in total. The Morgan fingerprint density at radius 2 is 1.85 bits per heavy atom. The number of hydrogen-bond acceptors (Lipinski definition) is 4. The zero-order valence-electron chi connectivity index (χ0n) is 15.6. The van der Waals surface area contributed by atoms with Crippen molar-refractivity contribution in [2.45, 2.75) is 26.3 Å². The number of primary amides is 1. The van der Waals surface area contributed by atoms with Crippen molar-refractivity contribution in [2.24, 2.45) is 5.73 Å². The van der Waals surface area contributed by atoms with Gasteiger partial charge in [0.25, 0.3) is 5.91 Å². The van der Waals surface area contributed by atoms with Gasteiger partial charge in [-0.3, -0.25) is 4.79 Å². The molecule has 0 saturated carbocycles. The van der Waals surface area contributed by atoms with E-state index in [4.69, 9.17) is 15.2 Å². The predicted octanol–water partition coefficient (Wildman–Crippen LogP) is 3.29. The molecule has 0 saturated heterocycles. The predicted molar refractivity (Wildman–Crippen MR) is 104 cm³/mol. The van der Waals surface area contributed by atoms with Crippen molar-refractivity contribution in [2.75, 3.05) is 19.0 Å². The fourth-order valence-corrected chi connectivity index (χ4v) is 2.34. The molecule has 0 aliphatic heterocycles. The number of anilines is 1. The van der Waals surface area contributed by atoms with Gasteiger partial charge in [-0.15, -0.1) is 0 Å². The zero-order chi connectivity index (χ0) is 19.6. The SMILES string of the molecule is CCCCOc1ccc(OC)cc1NC(=O)c1ccc(CNC(N)=O)cc1. The van der Waals surface area contributed by atoms with Crippen LogP contribution in [0.5, 0.6) is 11.5 Å². The van der Waals surface area contributed by atoms with Crippen LogP contribution in [0.4, 0.5) is 10.5 Å². The van der Waals surface area contributed by atoms with Crippen molar-refractivity contribution in [3.05, 3.63) is 53.6 Å². The van der Waals surface area contributed by atoms with Gasteiger partial charge >= 0.3 is 6.03 Å². The van der Waals surface area contributed by atoms with E-state index in [0.29, 0.717) is 35.9 Å². The molecule has 0 spiro atoms. The first-order valence-corrected chi connectivity index (χ1v) is 8.78. The molecule has 3 amide bonds. The van der Waals surface area contributed by atoms with E-state index in [9.17, 15) is 9.59 Å². The van der Waals surface area contributed by atoms with Crippen LogP contribution >= 0.6 is 0 Å². The summed E-state index contributed by atoms with van der Waals surface area (Å²) < 4.78 is 11.0. The Balaban J connectivity index is 2.10. The Hall–Kier alpha value is -3.22. The number of benzene rings is 2. The van der Waals surface area contributed by atoms with E-state index in [1.807, 2.05) is 0 Å². The van der Waals surface area contributed by atoms with Gasteiger partial charge in [-0.25, -0.2) is 4.79 Å². The number of nitrogens with one attached hydrogen (secondary N) is 2. The van der Waals surface area contributed by atoms with E-state index in [2.05, 4.69) is 17.6 Å². The third-order valence-electron chi connectivity index (χ3n) is 3.87. The van der Waals surface area contributed by atoms with E-state index >= 15 is 0 Å². The molecule has 0 heterocycles. The first-order valence-electron chi connectivity index (χ1n) is 8.78. The van der Waals surface area contributed by atoms with Gasteiger partial charge in [-0.1, -0.05) is 25.5 Å². The second kappa shape index (κ2) is 10.1. The standard InChI is InChI=1S/C20H25N3O4/c1-3-4-11-27-18-10-9-16(26-2)12-17(18)23-19(24)15-7-5-14(6-8-15)13-22-20(21)25/h5-10,12H,3-4,11,13H2,1-2H3,(H,23,24)(H3,21,22,25). The quantitative estimate of drug-likeness (QED) is 0.589. The normalized spacial score (nSPS) is 10.1. The number of nitrogens with two attached hydrogens (primary N) is 1. The highest BCUT2D eigenvalue weighted by molar-refractivity contribution is 6.05. The number of ether oxygens (including phenoxy) is 2. The van der Waals surface area contributed by atoms with Crippen LogP contribution < -0.4 is 25.8 Å². The molecule has 0 fully saturated rings. The van der Waals surface area contributed by atoms with Gasteiger partial charge in [0.15, 0.2) is 0 Å². The van der Waals surface area contributed by atoms with Crippen LogP contribution in [0.2, 0.25) is 0 Å². The maximum Gasteiger partial charge on any atom is 0.312 e. The Kier molecular flexibility index (Phi) is 7.49. The molecular formula is C20H25N3O4. The van der Waals surface area contributed by atoms with Crippen LogP contribution in [0.3, 0.4) is 0 Å². The van der Waals surface area contributed by atoms with Gasteiger partial charge in [-0.05, 0) is 36.2 Å². The lowest BCUT2D eigenvalue weighted by molar-refractivity contribution is 0.102. The second-order valence-corrected chi connectivity index (χ2v) is 5.93. The molecule has 0 aliphatic carbocycles. The number of hydrogen-bond donors (Lipinski definition) is 3. The number of urea groups is 1. The number of amides is 3. The molecule has 7 nitrogen and oxygen atoms in total. The van der Waals surface area contributed by atoms with Crippen LogP contribution in [-0.4, -0.2) is 25.7 Å². The third kappa shape index (κ3) is 6.22. The molecule has 0 bridgehead atoms. The highest BCUT2D eigenvalue weighted by atomic mass is 16.5. The lowest BCUT2D eigenvalue weighted by Crippen LogP contribution is -2.28. The van der Waals surface area contributed by atoms with Gasteiger partial charge in [-0.2, -0.15) is 0 Å². The summed E-state index contributed by atoms with van der Waals surface area (Å²) in [5.74, 6) is 0.957. The number of unbranched alkanes of at least 4 members (excludes halogenated alkanes) is 1. The largest absolute Gasteiger partial charge is 0.497 e. The van der Waals surface area contributed by atoms with Gasteiger partial charge in [0.05, 0.1) is 19.4 Å². The molecule has 0 radical (unpaired) electrons. The highest BCUT2D eigenvalue weighted by Crippen LogP contribution is 2.30. The summed E-state index contributed by atoms with van der Waals surface area (Å²) in [5.41, 5.74) is 6.93. The molecule has 2 aromatic carbocycles. The smallest absolute Gasteiger partial charge is 0.312 e. The Morgan fingerprint density at radius 3 is 2.48 bits per heavy atom. The minimum Gasteiger partial charge on any atom is -0.497 e. The van der Waals surface area contributed by atoms with Gasteiger partial charge in [0, 0.05) is 18.2 Å². The summed E-state index contributed by atoms with van der Waals surface area (Å²) in [6.07, 6.45) is 1.95. The van der Waals surface area contributed by atoms with Crippen LogP contribution in [-0.2, 0) is 6.54 Å². The zero-order valence-corrected chi connectivity index (χ0v) is 15.6. The van der Waals surface area contributed by atoms with E-state index < -0.39 is 6.03 Å². The molecule has 0 aliphatic rings. The van der Waals surface area contributed by atoms with E-state index in [-0.39, 0.29) is 5.91 Å². The average molecular weight is 371 g/mol. The summed E-state index contributed by atoms with van der Waals surface area (Å²) in [4.78, 5) is 23.3. The van der Waals surface area contributed by atoms with Gasteiger partial charge in [0.2, 0.25) is 0 Å². The number of carbonyl (C=O) groups excluding carboxylic acids is 2. The molecule has 2 rings (SSSR count). The molecule has 0 atom stereocenters. The van der Waals surface area contributed by atoms with E-state index in [1.54, 1.807) is 49.6 Å². The Bertz CT molecular complexity index is 775. The van der Waals surface area contributed by atoms with Crippen LogP contribution in [0.1, 0.15) is 35.7 Å². The van der Waals surface area contributed by atoms with Crippen LogP contribution in [0.25, 0.3) is 0 Å². The van der Waals surface area contributed by atoms with Crippen molar-refractivity contribution >= 4 is 17.6 Å². The third-order valence-corrected chi connectivity index (χ3v) is 3.87. The highest BCUT2D eigenvalue weighted by Gasteiger charge is 2.12. The molecule has 0 unspecified atom stereocenters. The fraction of sp³-hybridized carbons (Fsp3) is 0.300. The van der Waals surface area contributed by atoms with Gasteiger partial charge < -0.3 is 25.8 Å². The molecule has 7 heteroatoms. The van der Waals surface area contributed by atoms with E-state index in [0.717, 1.165) is 18.4 Å². The minimum absolute atomic E-state index is 0.266. The lowest BCUT2D eigenvalue weighted by Gasteiger charge is -2.14. The van der Waals surface area contributed by atoms with Crippen LogP contribution in [0, 0.1) is 0 Å². The summed E-state index contributed by atoms with van der Waals surface area (Å²) in [6.45, 7) is 2.97. The number of methoxy groups -OCH3 is 1. The summed E-state index contributed by atoms with van der Waals surface area (Å²) >= 11 is 0. The van der Waals surface area contributed by atoms with Crippen molar-refractivity contribution < 1.29 is 19.1 Å². The van der Waals surface area contributed by atoms with Gasteiger partial charge in [0.1, 0.15) is 11.5 Å². The average Bonchev–Trinajstić information content (AvgIpc) is 2.67. The van der Waals surface area contributed by atoms with Crippen molar-refractivity contribution in [1.29, 1.82) is 0 Å². The van der Waals surface area contributed by atoms with E-state index in [1.165, 1.54) is 0 Å².